The molecule has 8 heteroatoms. The van der Waals surface area contributed by atoms with Crippen molar-refractivity contribution in [2.24, 2.45) is 0 Å². The number of carbonyl (C=O) groups excluding carboxylic acids is 1. The molecule has 1 amide bonds. The summed E-state index contributed by atoms with van der Waals surface area (Å²) >= 11 is 1.38. The number of carbonyl (C=O) groups is 1. The SMILES string of the molecule is Cc1nccc(-c2sc(NC(=O)n3ccnc3)nc2C)n1. The van der Waals surface area contributed by atoms with E-state index >= 15 is 0 Å². The van der Waals surface area contributed by atoms with Gasteiger partial charge in [-0.3, -0.25) is 9.88 Å². The normalized spacial score (nSPS) is 10.6. The lowest BCUT2D eigenvalue weighted by atomic mass is 10.3. The van der Waals surface area contributed by atoms with E-state index in [-0.39, 0.29) is 6.03 Å². The molecule has 106 valence electrons. The van der Waals surface area contributed by atoms with Crippen molar-refractivity contribution in [2.45, 2.75) is 13.8 Å². The molecule has 0 aliphatic carbocycles. The first kappa shape index (κ1) is 13.4. The van der Waals surface area contributed by atoms with Crippen LogP contribution >= 0.6 is 11.3 Å². The third-order valence-electron chi connectivity index (χ3n) is 2.76. The van der Waals surface area contributed by atoms with E-state index in [4.69, 9.17) is 0 Å². The highest BCUT2D eigenvalue weighted by atomic mass is 32.1. The van der Waals surface area contributed by atoms with Gasteiger partial charge in [0.25, 0.3) is 0 Å². The Morgan fingerprint density at radius 3 is 2.86 bits per heavy atom. The first-order valence-electron chi connectivity index (χ1n) is 6.20. The van der Waals surface area contributed by atoms with Crippen molar-refractivity contribution in [3.05, 3.63) is 42.5 Å². The minimum absolute atomic E-state index is 0.299. The van der Waals surface area contributed by atoms with Gasteiger partial charge in [-0.1, -0.05) is 11.3 Å². The maximum atomic E-state index is 11.9. The second-order valence-electron chi connectivity index (χ2n) is 4.32. The lowest BCUT2D eigenvalue weighted by Gasteiger charge is -2.00. The average molecular weight is 300 g/mol. The summed E-state index contributed by atoms with van der Waals surface area (Å²) < 4.78 is 1.35. The highest BCUT2D eigenvalue weighted by Gasteiger charge is 2.13. The first-order valence-corrected chi connectivity index (χ1v) is 7.02. The van der Waals surface area contributed by atoms with Crippen LogP contribution in [0.5, 0.6) is 0 Å². The number of amides is 1. The van der Waals surface area contributed by atoms with Crippen molar-refractivity contribution in [2.75, 3.05) is 5.32 Å². The van der Waals surface area contributed by atoms with Crippen LogP contribution in [0.2, 0.25) is 0 Å². The molecule has 0 saturated heterocycles. The average Bonchev–Trinajstić information content (AvgIpc) is 3.08. The Morgan fingerprint density at radius 1 is 1.29 bits per heavy atom. The van der Waals surface area contributed by atoms with Crippen LogP contribution in [0.25, 0.3) is 10.6 Å². The molecule has 0 bridgehead atoms. The first-order chi connectivity index (χ1) is 10.1. The Hall–Kier alpha value is -2.61. The van der Waals surface area contributed by atoms with Gasteiger partial charge in [0, 0.05) is 18.6 Å². The van der Waals surface area contributed by atoms with Crippen molar-refractivity contribution >= 4 is 22.5 Å². The van der Waals surface area contributed by atoms with Crippen LogP contribution in [-0.2, 0) is 0 Å². The van der Waals surface area contributed by atoms with Gasteiger partial charge < -0.3 is 0 Å². The fourth-order valence-electron chi connectivity index (χ4n) is 1.81. The second-order valence-corrected chi connectivity index (χ2v) is 5.32. The fourth-order valence-corrected chi connectivity index (χ4v) is 2.73. The zero-order valence-electron chi connectivity index (χ0n) is 11.4. The molecule has 21 heavy (non-hydrogen) atoms. The number of anilines is 1. The molecule has 0 fully saturated rings. The largest absolute Gasteiger partial charge is 0.333 e. The van der Waals surface area contributed by atoms with Crippen LogP contribution < -0.4 is 5.32 Å². The maximum absolute atomic E-state index is 11.9. The van der Waals surface area contributed by atoms with Gasteiger partial charge in [-0.25, -0.2) is 24.7 Å². The molecule has 0 aliphatic heterocycles. The van der Waals surface area contributed by atoms with Crippen LogP contribution in [0, 0.1) is 13.8 Å². The standard InChI is InChI=1S/C13H12N6OS/c1-8-11(10-3-4-15-9(2)17-10)21-12(16-8)18-13(20)19-6-5-14-7-19/h3-7H,1-2H3,(H,16,18,20). The number of hydrogen-bond acceptors (Lipinski definition) is 6. The monoisotopic (exact) mass is 300 g/mol. The van der Waals surface area contributed by atoms with E-state index in [0.717, 1.165) is 16.3 Å². The van der Waals surface area contributed by atoms with E-state index in [1.807, 2.05) is 19.9 Å². The zero-order valence-corrected chi connectivity index (χ0v) is 12.3. The number of aromatic nitrogens is 5. The Labute approximate surface area is 124 Å². The lowest BCUT2D eigenvalue weighted by Crippen LogP contribution is -2.17. The molecule has 0 unspecified atom stereocenters. The van der Waals surface area contributed by atoms with E-state index in [9.17, 15) is 4.79 Å². The summed E-state index contributed by atoms with van der Waals surface area (Å²) in [6.07, 6.45) is 6.26. The van der Waals surface area contributed by atoms with Gasteiger partial charge in [-0.15, -0.1) is 0 Å². The van der Waals surface area contributed by atoms with Crippen molar-refractivity contribution in [1.82, 2.24) is 24.5 Å². The minimum Gasteiger partial charge on any atom is -0.283 e. The third-order valence-corrected chi connectivity index (χ3v) is 3.85. The molecule has 0 spiro atoms. The van der Waals surface area contributed by atoms with Gasteiger partial charge in [0.05, 0.1) is 16.3 Å². The predicted octanol–water partition coefficient (Wildman–Crippen LogP) is 2.49. The molecule has 0 atom stereocenters. The molecule has 1 N–H and O–H groups in total. The summed E-state index contributed by atoms with van der Waals surface area (Å²) in [5.74, 6) is 0.698. The van der Waals surface area contributed by atoms with Crippen LogP contribution in [0.15, 0.2) is 31.0 Å². The molecule has 0 aliphatic rings. The number of imidazole rings is 1. The molecule has 0 aromatic carbocycles. The molecule has 3 rings (SSSR count). The predicted molar refractivity (Wildman–Crippen MR) is 79.3 cm³/mol. The molecule has 0 saturated carbocycles. The maximum Gasteiger partial charge on any atom is 0.333 e. The van der Waals surface area contributed by atoms with Crippen LogP contribution in [0.1, 0.15) is 11.5 Å². The third kappa shape index (κ3) is 2.79. The van der Waals surface area contributed by atoms with Crippen molar-refractivity contribution in [1.29, 1.82) is 0 Å². The summed E-state index contributed by atoms with van der Waals surface area (Å²) in [6.45, 7) is 3.72. The number of nitrogens with zero attached hydrogens (tertiary/aromatic N) is 5. The molecular formula is C13H12N6OS. The summed E-state index contributed by atoms with van der Waals surface area (Å²) in [5, 5.41) is 3.26. The van der Waals surface area contributed by atoms with Crippen LogP contribution in [0.3, 0.4) is 0 Å². The molecule has 7 nitrogen and oxygen atoms in total. The highest BCUT2D eigenvalue weighted by Crippen LogP contribution is 2.31. The van der Waals surface area contributed by atoms with Crippen molar-refractivity contribution in [3.63, 3.8) is 0 Å². The van der Waals surface area contributed by atoms with E-state index < -0.39 is 0 Å². The topological polar surface area (TPSA) is 85.6 Å². The lowest BCUT2D eigenvalue weighted by molar-refractivity contribution is 0.253. The Kier molecular flexibility index (Phi) is 3.44. The smallest absolute Gasteiger partial charge is 0.283 e. The van der Waals surface area contributed by atoms with Gasteiger partial charge in [0.1, 0.15) is 12.2 Å². The van der Waals surface area contributed by atoms with Crippen LogP contribution in [0.4, 0.5) is 9.93 Å². The Bertz CT molecular complexity index is 780. The number of thiazole rings is 1. The van der Waals surface area contributed by atoms with Crippen LogP contribution in [-0.4, -0.2) is 30.5 Å². The van der Waals surface area contributed by atoms with Gasteiger partial charge in [-0.05, 0) is 19.9 Å². The minimum atomic E-state index is -0.299. The molecule has 3 aromatic rings. The summed E-state index contributed by atoms with van der Waals surface area (Å²) in [4.78, 5) is 29.5. The van der Waals surface area contributed by atoms with E-state index in [1.54, 1.807) is 18.6 Å². The fraction of sp³-hybridized carbons (Fsp3) is 0.154. The van der Waals surface area contributed by atoms with Gasteiger partial charge in [0.15, 0.2) is 5.13 Å². The highest BCUT2D eigenvalue weighted by molar-refractivity contribution is 7.19. The Balaban J connectivity index is 1.86. The number of aryl methyl sites for hydroxylation is 2. The van der Waals surface area contributed by atoms with E-state index in [2.05, 4.69) is 25.3 Å². The van der Waals surface area contributed by atoms with E-state index in [1.165, 1.54) is 22.2 Å². The van der Waals surface area contributed by atoms with Crippen molar-refractivity contribution in [3.8, 4) is 10.6 Å². The van der Waals surface area contributed by atoms with Crippen molar-refractivity contribution < 1.29 is 4.79 Å². The molecular weight excluding hydrogens is 288 g/mol. The zero-order chi connectivity index (χ0) is 14.8. The summed E-state index contributed by atoms with van der Waals surface area (Å²) in [5.41, 5.74) is 1.62. The Morgan fingerprint density at radius 2 is 2.14 bits per heavy atom. The second kappa shape index (κ2) is 5.41. The molecule has 0 radical (unpaired) electrons. The number of rotatable bonds is 2. The molecule has 3 aromatic heterocycles. The van der Waals surface area contributed by atoms with E-state index in [0.29, 0.717) is 11.0 Å². The summed E-state index contributed by atoms with van der Waals surface area (Å²) in [7, 11) is 0. The molecule has 3 heterocycles. The van der Waals surface area contributed by atoms with Gasteiger partial charge >= 0.3 is 6.03 Å². The number of hydrogen-bond donors (Lipinski definition) is 1. The van der Waals surface area contributed by atoms with Gasteiger partial charge in [0.2, 0.25) is 0 Å². The summed E-state index contributed by atoms with van der Waals surface area (Å²) in [6, 6.07) is 1.53. The van der Waals surface area contributed by atoms with Gasteiger partial charge in [-0.2, -0.15) is 0 Å². The quantitative estimate of drug-likeness (QED) is 0.786. The number of nitrogens with one attached hydrogen (secondary N) is 1.